The molecule has 0 aliphatic heterocycles. The van der Waals surface area contributed by atoms with E-state index < -0.39 is 0 Å². The van der Waals surface area contributed by atoms with Gasteiger partial charge in [0, 0.05) is 6.42 Å². The summed E-state index contributed by atoms with van der Waals surface area (Å²) in [5.41, 5.74) is 1.64. The first-order valence-corrected chi connectivity index (χ1v) is 5.80. The van der Waals surface area contributed by atoms with Crippen molar-refractivity contribution in [3.63, 3.8) is 0 Å². The Hall–Kier alpha value is -0.590. The highest BCUT2D eigenvalue weighted by Gasteiger charge is 2.27. The van der Waals surface area contributed by atoms with Gasteiger partial charge >= 0.3 is 0 Å². The van der Waals surface area contributed by atoms with Crippen LogP contribution in [-0.4, -0.2) is 5.78 Å². The van der Waals surface area contributed by atoms with E-state index in [1.807, 2.05) is 6.08 Å². The Morgan fingerprint density at radius 2 is 2.07 bits per heavy atom. The Labute approximate surface area is 87.6 Å². The lowest BCUT2D eigenvalue weighted by Crippen LogP contribution is -2.22. The molecule has 0 heterocycles. The zero-order valence-corrected chi connectivity index (χ0v) is 9.73. The number of carbonyl (C=O) groups is 1. The van der Waals surface area contributed by atoms with Gasteiger partial charge in [-0.15, -0.1) is 0 Å². The molecule has 0 aromatic carbocycles. The van der Waals surface area contributed by atoms with Crippen LogP contribution in [-0.2, 0) is 4.79 Å². The van der Waals surface area contributed by atoms with Crippen molar-refractivity contribution in [2.45, 2.75) is 59.3 Å². The van der Waals surface area contributed by atoms with Gasteiger partial charge in [-0.2, -0.15) is 0 Å². The van der Waals surface area contributed by atoms with E-state index in [2.05, 4.69) is 20.8 Å². The summed E-state index contributed by atoms with van der Waals surface area (Å²) in [5.74, 6) is 0.329. The summed E-state index contributed by atoms with van der Waals surface area (Å²) in [5, 5.41) is 0. The second kappa shape index (κ2) is 4.77. The summed E-state index contributed by atoms with van der Waals surface area (Å²) in [6.45, 7) is 6.74. The molecule has 1 nitrogen and oxygen atoms in total. The van der Waals surface area contributed by atoms with Crippen LogP contribution in [0.2, 0.25) is 0 Å². The van der Waals surface area contributed by atoms with Crippen LogP contribution in [0.4, 0.5) is 0 Å². The molecule has 1 aliphatic carbocycles. The van der Waals surface area contributed by atoms with Crippen molar-refractivity contribution in [3.05, 3.63) is 11.6 Å². The molecule has 0 amide bonds. The molecule has 80 valence electrons. The third-order valence-electron chi connectivity index (χ3n) is 3.25. The summed E-state index contributed by atoms with van der Waals surface area (Å²) in [6, 6.07) is 0. The van der Waals surface area contributed by atoms with Crippen molar-refractivity contribution in [3.8, 4) is 0 Å². The molecule has 1 heteroatoms. The Morgan fingerprint density at radius 1 is 1.36 bits per heavy atom. The van der Waals surface area contributed by atoms with E-state index in [4.69, 9.17) is 0 Å². The molecule has 0 radical (unpaired) electrons. The Kier molecular flexibility index (Phi) is 3.91. The summed E-state index contributed by atoms with van der Waals surface area (Å²) >= 11 is 0. The minimum atomic E-state index is 0.266. The lowest BCUT2D eigenvalue weighted by atomic mass is 9.73. The number of ketones is 1. The molecule has 1 rings (SSSR count). The first-order chi connectivity index (χ1) is 6.56. The van der Waals surface area contributed by atoms with E-state index in [0.717, 1.165) is 19.3 Å². The van der Waals surface area contributed by atoms with Gasteiger partial charge in [-0.25, -0.2) is 0 Å². The number of rotatable bonds is 4. The minimum absolute atomic E-state index is 0.266. The van der Waals surface area contributed by atoms with Crippen LogP contribution in [0, 0.1) is 5.41 Å². The van der Waals surface area contributed by atoms with Crippen molar-refractivity contribution < 1.29 is 4.79 Å². The molecular weight excluding hydrogens is 172 g/mol. The highest BCUT2D eigenvalue weighted by Crippen LogP contribution is 2.38. The first-order valence-electron chi connectivity index (χ1n) is 5.80. The highest BCUT2D eigenvalue weighted by molar-refractivity contribution is 5.91. The van der Waals surface area contributed by atoms with E-state index in [1.165, 1.54) is 24.8 Å². The van der Waals surface area contributed by atoms with Crippen molar-refractivity contribution in [1.29, 1.82) is 0 Å². The molecular formula is C13H22O. The van der Waals surface area contributed by atoms with Crippen LogP contribution in [0.3, 0.4) is 0 Å². The standard InChI is InChI=1S/C13H22O/c1-4-5-6-7-11-10-12(14)8-9-13(11,2)3/h10H,4-9H2,1-3H3. The average Bonchev–Trinajstić information content (AvgIpc) is 2.12. The first kappa shape index (κ1) is 11.5. The molecule has 0 fully saturated rings. The molecule has 0 spiro atoms. The van der Waals surface area contributed by atoms with E-state index in [9.17, 15) is 4.79 Å². The van der Waals surface area contributed by atoms with E-state index in [-0.39, 0.29) is 5.41 Å². The van der Waals surface area contributed by atoms with Crippen LogP contribution >= 0.6 is 0 Å². The zero-order chi connectivity index (χ0) is 10.6. The van der Waals surface area contributed by atoms with Crippen LogP contribution < -0.4 is 0 Å². The van der Waals surface area contributed by atoms with Crippen molar-refractivity contribution in [2.24, 2.45) is 5.41 Å². The maximum Gasteiger partial charge on any atom is 0.155 e. The minimum Gasteiger partial charge on any atom is -0.295 e. The van der Waals surface area contributed by atoms with E-state index in [0.29, 0.717) is 5.78 Å². The summed E-state index contributed by atoms with van der Waals surface area (Å²) in [7, 11) is 0. The monoisotopic (exact) mass is 194 g/mol. The molecule has 0 saturated heterocycles. The Balaban J connectivity index is 2.57. The molecule has 0 N–H and O–H groups in total. The number of allylic oxidation sites excluding steroid dienone is 2. The largest absolute Gasteiger partial charge is 0.295 e. The van der Waals surface area contributed by atoms with E-state index >= 15 is 0 Å². The fourth-order valence-corrected chi connectivity index (χ4v) is 2.03. The molecule has 0 atom stereocenters. The topological polar surface area (TPSA) is 17.1 Å². The predicted molar refractivity (Wildman–Crippen MR) is 60.2 cm³/mol. The molecule has 0 unspecified atom stereocenters. The lowest BCUT2D eigenvalue weighted by Gasteiger charge is -2.31. The quantitative estimate of drug-likeness (QED) is 0.621. The molecule has 14 heavy (non-hydrogen) atoms. The average molecular weight is 194 g/mol. The van der Waals surface area contributed by atoms with Crippen molar-refractivity contribution in [2.75, 3.05) is 0 Å². The number of hydrogen-bond acceptors (Lipinski definition) is 1. The van der Waals surface area contributed by atoms with E-state index in [1.54, 1.807) is 0 Å². The smallest absolute Gasteiger partial charge is 0.155 e. The van der Waals surface area contributed by atoms with Gasteiger partial charge in [-0.1, -0.05) is 39.2 Å². The summed E-state index contributed by atoms with van der Waals surface area (Å²) < 4.78 is 0. The zero-order valence-electron chi connectivity index (χ0n) is 9.73. The second-order valence-corrected chi connectivity index (χ2v) is 4.98. The van der Waals surface area contributed by atoms with Gasteiger partial charge < -0.3 is 0 Å². The van der Waals surface area contributed by atoms with Gasteiger partial charge in [-0.05, 0) is 30.8 Å². The van der Waals surface area contributed by atoms with Crippen LogP contribution in [0.1, 0.15) is 59.3 Å². The molecule has 0 aromatic rings. The highest BCUT2D eigenvalue weighted by atomic mass is 16.1. The SMILES string of the molecule is CCCCCC1=CC(=O)CCC1(C)C. The van der Waals surface area contributed by atoms with Gasteiger partial charge in [-0.3, -0.25) is 4.79 Å². The number of unbranched alkanes of at least 4 members (excludes halogenated alkanes) is 2. The van der Waals surface area contributed by atoms with Crippen molar-refractivity contribution >= 4 is 5.78 Å². The van der Waals surface area contributed by atoms with Gasteiger partial charge in [0.1, 0.15) is 0 Å². The fourth-order valence-electron chi connectivity index (χ4n) is 2.03. The van der Waals surface area contributed by atoms with Crippen molar-refractivity contribution in [1.82, 2.24) is 0 Å². The molecule has 0 aromatic heterocycles. The molecule has 1 aliphatic rings. The Bertz CT molecular complexity index is 236. The van der Waals surface area contributed by atoms with Crippen LogP contribution in [0.25, 0.3) is 0 Å². The van der Waals surface area contributed by atoms with Gasteiger partial charge in [0.2, 0.25) is 0 Å². The van der Waals surface area contributed by atoms with Gasteiger partial charge in [0.15, 0.2) is 5.78 Å². The Morgan fingerprint density at radius 3 is 2.71 bits per heavy atom. The lowest BCUT2D eigenvalue weighted by molar-refractivity contribution is -0.115. The van der Waals surface area contributed by atoms with Gasteiger partial charge in [0.05, 0.1) is 0 Å². The third kappa shape index (κ3) is 2.97. The second-order valence-electron chi connectivity index (χ2n) is 4.98. The maximum atomic E-state index is 11.3. The number of carbonyl (C=O) groups excluding carboxylic acids is 1. The van der Waals surface area contributed by atoms with Crippen LogP contribution in [0.15, 0.2) is 11.6 Å². The maximum absolute atomic E-state index is 11.3. The third-order valence-corrected chi connectivity index (χ3v) is 3.25. The predicted octanol–water partition coefficient (Wildman–Crippen LogP) is 3.88. The number of hydrogen-bond donors (Lipinski definition) is 0. The summed E-state index contributed by atoms with van der Waals surface area (Å²) in [6.07, 6.45) is 8.56. The fraction of sp³-hybridized carbons (Fsp3) is 0.769. The summed E-state index contributed by atoms with van der Waals surface area (Å²) in [4.78, 5) is 11.3. The van der Waals surface area contributed by atoms with Crippen LogP contribution in [0.5, 0.6) is 0 Å². The molecule has 0 bridgehead atoms. The molecule has 0 saturated carbocycles. The van der Waals surface area contributed by atoms with Gasteiger partial charge in [0.25, 0.3) is 0 Å². The normalized spacial score (nSPS) is 20.8.